The molecule has 0 unspecified atom stereocenters. The molecule has 0 atom stereocenters. The summed E-state index contributed by atoms with van der Waals surface area (Å²) in [6.07, 6.45) is 0.602. The first-order valence-corrected chi connectivity index (χ1v) is 8.68. The minimum absolute atomic E-state index is 0.0417. The average Bonchev–Trinajstić information content (AvgIpc) is 2.60. The molecule has 0 aromatic heterocycles. The molecule has 0 radical (unpaired) electrons. The molecule has 2 rings (SSSR count). The molecular weight excluding hydrogens is 356 g/mol. The zero-order valence-electron chi connectivity index (χ0n) is 14.7. The molecule has 7 heteroatoms. The summed E-state index contributed by atoms with van der Waals surface area (Å²) in [4.78, 5) is 22.7. The third kappa shape index (κ3) is 5.74. The summed E-state index contributed by atoms with van der Waals surface area (Å²) in [7, 11) is 0. The molecular formula is C19H21ClN2O4. The van der Waals surface area contributed by atoms with Crippen molar-refractivity contribution >= 4 is 23.2 Å². The molecule has 0 saturated carbocycles. The summed E-state index contributed by atoms with van der Waals surface area (Å²) in [6.45, 7) is 5.19. The molecule has 138 valence electrons. The maximum absolute atomic E-state index is 12.2. The third-order valence-electron chi connectivity index (χ3n) is 3.61. The molecule has 6 nitrogen and oxygen atoms in total. The molecule has 1 amide bonds. The number of nitrogens with zero attached hydrogens (tertiary/aromatic N) is 1. The van der Waals surface area contributed by atoms with Gasteiger partial charge in [-0.05, 0) is 42.2 Å². The van der Waals surface area contributed by atoms with E-state index in [2.05, 4.69) is 19.2 Å². The van der Waals surface area contributed by atoms with Crippen LogP contribution in [0.1, 0.15) is 29.8 Å². The lowest BCUT2D eigenvalue weighted by Crippen LogP contribution is -2.26. The molecule has 26 heavy (non-hydrogen) atoms. The highest BCUT2D eigenvalue weighted by Gasteiger charge is 2.20. The number of hydrogen-bond donors (Lipinski definition) is 1. The first-order chi connectivity index (χ1) is 12.4. The number of nitro groups is 1. The van der Waals surface area contributed by atoms with Gasteiger partial charge in [-0.25, -0.2) is 0 Å². The second-order valence-electron chi connectivity index (χ2n) is 6.27. The smallest absolute Gasteiger partial charge is 0.282 e. The average molecular weight is 377 g/mol. The van der Waals surface area contributed by atoms with Crippen LogP contribution in [0.4, 0.5) is 5.69 Å². The van der Waals surface area contributed by atoms with Crippen LogP contribution in [0.2, 0.25) is 5.02 Å². The van der Waals surface area contributed by atoms with Crippen molar-refractivity contribution < 1.29 is 14.5 Å². The molecule has 0 bridgehead atoms. The monoisotopic (exact) mass is 376 g/mol. The normalized spacial score (nSPS) is 10.6. The Labute approximate surface area is 157 Å². The van der Waals surface area contributed by atoms with E-state index in [4.69, 9.17) is 16.3 Å². The van der Waals surface area contributed by atoms with Gasteiger partial charge in [0.1, 0.15) is 11.3 Å². The molecule has 0 fully saturated rings. The number of nitrogens with one attached hydrogen (secondary N) is 1. The summed E-state index contributed by atoms with van der Waals surface area (Å²) in [6, 6.07) is 11.6. The van der Waals surface area contributed by atoms with Crippen LogP contribution in [-0.4, -0.2) is 24.0 Å². The fourth-order valence-electron chi connectivity index (χ4n) is 2.28. The lowest BCUT2D eigenvalue weighted by molar-refractivity contribution is -0.385. The lowest BCUT2D eigenvalue weighted by Gasteiger charge is -2.10. The van der Waals surface area contributed by atoms with E-state index >= 15 is 0 Å². The van der Waals surface area contributed by atoms with E-state index in [-0.39, 0.29) is 16.3 Å². The predicted molar refractivity (Wildman–Crippen MR) is 101 cm³/mol. The lowest BCUT2D eigenvalue weighted by atomic mass is 10.1. The Balaban J connectivity index is 1.91. The SMILES string of the molecule is CC(C)COc1ccc(CCNC(=O)c2cc(Cl)ccc2[N+](=O)[O-])cc1. The Kier molecular flexibility index (Phi) is 6.97. The molecule has 2 aromatic rings. The van der Waals surface area contributed by atoms with Crippen molar-refractivity contribution in [1.29, 1.82) is 0 Å². The van der Waals surface area contributed by atoms with Crippen LogP contribution in [0.5, 0.6) is 5.75 Å². The highest BCUT2D eigenvalue weighted by atomic mass is 35.5. The van der Waals surface area contributed by atoms with Crippen LogP contribution in [0.25, 0.3) is 0 Å². The van der Waals surface area contributed by atoms with E-state index in [1.165, 1.54) is 18.2 Å². The fraction of sp³-hybridized carbons (Fsp3) is 0.316. The zero-order valence-corrected chi connectivity index (χ0v) is 15.5. The first-order valence-electron chi connectivity index (χ1n) is 8.30. The Morgan fingerprint density at radius 2 is 1.92 bits per heavy atom. The van der Waals surface area contributed by atoms with Gasteiger partial charge in [-0.15, -0.1) is 0 Å². The number of hydrogen-bond acceptors (Lipinski definition) is 4. The second kappa shape index (κ2) is 9.20. The van der Waals surface area contributed by atoms with Crippen molar-refractivity contribution in [3.05, 3.63) is 68.7 Å². The quantitative estimate of drug-likeness (QED) is 0.551. The summed E-state index contributed by atoms with van der Waals surface area (Å²) >= 11 is 5.84. The maximum atomic E-state index is 12.2. The Bertz CT molecular complexity index is 776. The molecule has 1 N–H and O–H groups in total. The molecule has 2 aromatic carbocycles. The predicted octanol–water partition coefficient (Wildman–Crippen LogP) is 4.26. The minimum atomic E-state index is -0.596. The molecule has 0 aliphatic heterocycles. The van der Waals surface area contributed by atoms with E-state index in [0.717, 1.165) is 11.3 Å². The number of rotatable bonds is 8. The molecule has 0 spiro atoms. The number of carbonyl (C=O) groups excluding carboxylic acids is 1. The van der Waals surface area contributed by atoms with Gasteiger partial charge in [-0.1, -0.05) is 37.6 Å². The van der Waals surface area contributed by atoms with Gasteiger partial charge in [-0.2, -0.15) is 0 Å². The van der Waals surface area contributed by atoms with Crippen LogP contribution in [-0.2, 0) is 6.42 Å². The standard InChI is InChI=1S/C19H21ClN2O4/c1-13(2)12-26-16-6-3-14(4-7-16)9-10-21-19(23)17-11-15(20)5-8-18(17)22(24)25/h3-8,11,13H,9-10,12H2,1-2H3,(H,21,23). The summed E-state index contributed by atoms with van der Waals surface area (Å²) in [5.74, 6) is 0.748. The number of benzene rings is 2. The topological polar surface area (TPSA) is 81.5 Å². The summed E-state index contributed by atoms with van der Waals surface area (Å²) in [5, 5.41) is 14.0. The van der Waals surface area contributed by atoms with Crippen LogP contribution >= 0.6 is 11.6 Å². The van der Waals surface area contributed by atoms with Gasteiger partial charge in [0.05, 0.1) is 11.5 Å². The van der Waals surface area contributed by atoms with E-state index < -0.39 is 10.8 Å². The molecule has 0 aliphatic carbocycles. The van der Waals surface area contributed by atoms with Crippen LogP contribution < -0.4 is 10.1 Å². The highest BCUT2D eigenvalue weighted by molar-refractivity contribution is 6.31. The number of halogens is 1. The largest absolute Gasteiger partial charge is 0.493 e. The van der Waals surface area contributed by atoms with Crippen molar-refractivity contribution in [3.8, 4) is 5.75 Å². The van der Waals surface area contributed by atoms with Crippen molar-refractivity contribution in [3.63, 3.8) is 0 Å². The highest BCUT2D eigenvalue weighted by Crippen LogP contribution is 2.22. The van der Waals surface area contributed by atoms with Gasteiger partial charge in [-0.3, -0.25) is 14.9 Å². The van der Waals surface area contributed by atoms with E-state index in [9.17, 15) is 14.9 Å². The number of ether oxygens (including phenoxy) is 1. The van der Waals surface area contributed by atoms with Crippen molar-refractivity contribution in [2.24, 2.45) is 5.92 Å². The van der Waals surface area contributed by atoms with Gasteiger partial charge >= 0.3 is 0 Å². The Morgan fingerprint density at radius 1 is 1.23 bits per heavy atom. The van der Waals surface area contributed by atoms with E-state index in [1.54, 1.807) is 0 Å². The fourth-order valence-corrected chi connectivity index (χ4v) is 2.45. The van der Waals surface area contributed by atoms with Crippen LogP contribution in [0, 0.1) is 16.0 Å². The van der Waals surface area contributed by atoms with Crippen molar-refractivity contribution in [2.45, 2.75) is 20.3 Å². The maximum Gasteiger partial charge on any atom is 0.282 e. The molecule has 0 aliphatic rings. The van der Waals surface area contributed by atoms with Gasteiger partial charge in [0.15, 0.2) is 0 Å². The third-order valence-corrected chi connectivity index (χ3v) is 3.84. The van der Waals surface area contributed by atoms with E-state index in [0.29, 0.717) is 25.5 Å². The number of carbonyl (C=O) groups is 1. The second-order valence-corrected chi connectivity index (χ2v) is 6.71. The van der Waals surface area contributed by atoms with Crippen LogP contribution in [0.3, 0.4) is 0 Å². The van der Waals surface area contributed by atoms with Gasteiger partial charge in [0.2, 0.25) is 0 Å². The Morgan fingerprint density at radius 3 is 2.54 bits per heavy atom. The summed E-state index contributed by atoms with van der Waals surface area (Å²) < 4.78 is 5.62. The summed E-state index contributed by atoms with van der Waals surface area (Å²) in [5.41, 5.74) is 0.723. The van der Waals surface area contributed by atoms with Crippen LogP contribution in [0.15, 0.2) is 42.5 Å². The zero-order chi connectivity index (χ0) is 19.1. The number of nitro benzene ring substituents is 1. The first kappa shape index (κ1) is 19.7. The van der Waals surface area contributed by atoms with E-state index in [1.807, 2.05) is 24.3 Å². The molecule has 0 heterocycles. The minimum Gasteiger partial charge on any atom is -0.493 e. The molecule has 0 saturated heterocycles. The van der Waals surface area contributed by atoms with Crippen molar-refractivity contribution in [1.82, 2.24) is 5.32 Å². The Hall–Kier alpha value is -2.60. The van der Waals surface area contributed by atoms with Gasteiger partial charge < -0.3 is 10.1 Å². The van der Waals surface area contributed by atoms with Crippen molar-refractivity contribution in [2.75, 3.05) is 13.2 Å². The van der Waals surface area contributed by atoms with Gasteiger partial charge in [0, 0.05) is 17.6 Å². The number of amides is 1. The van der Waals surface area contributed by atoms with Gasteiger partial charge in [0.25, 0.3) is 11.6 Å².